The zero-order valence-electron chi connectivity index (χ0n) is 27.4. The van der Waals surface area contributed by atoms with Crippen LogP contribution in [0.3, 0.4) is 0 Å². The number of para-hydroxylation sites is 1. The molecule has 0 spiro atoms. The van der Waals surface area contributed by atoms with Gasteiger partial charge in [-0.05, 0) is 103 Å². The molecule has 10 rings (SSSR count). The SMILES string of the molecule is CC1(C)c2ccccc2-c2c1ccc1ccc3cc(N(c4ccc(-c5ccccc5)cc4)c4ccc5oc6ccccc6c5c4)ccc3c21. The van der Waals surface area contributed by atoms with E-state index in [-0.39, 0.29) is 5.41 Å². The van der Waals surface area contributed by atoms with Gasteiger partial charge in [-0.2, -0.15) is 0 Å². The van der Waals surface area contributed by atoms with Gasteiger partial charge in [0.2, 0.25) is 0 Å². The summed E-state index contributed by atoms with van der Waals surface area (Å²) >= 11 is 0. The summed E-state index contributed by atoms with van der Waals surface area (Å²) < 4.78 is 6.22. The first kappa shape index (κ1) is 27.9. The minimum Gasteiger partial charge on any atom is -0.456 e. The number of fused-ring (bicyclic) bond motifs is 10. The lowest BCUT2D eigenvalue weighted by Crippen LogP contribution is -2.14. The molecule has 8 aromatic carbocycles. The molecular formula is C47H33NO. The largest absolute Gasteiger partial charge is 0.456 e. The summed E-state index contributed by atoms with van der Waals surface area (Å²) in [4.78, 5) is 2.37. The van der Waals surface area contributed by atoms with E-state index in [1.165, 1.54) is 54.9 Å². The highest BCUT2D eigenvalue weighted by molar-refractivity contribution is 6.17. The van der Waals surface area contributed by atoms with Gasteiger partial charge in [-0.1, -0.05) is 129 Å². The van der Waals surface area contributed by atoms with Crippen molar-refractivity contribution >= 4 is 60.5 Å². The Morgan fingerprint density at radius 3 is 1.98 bits per heavy atom. The summed E-state index contributed by atoms with van der Waals surface area (Å²) in [7, 11) is 0. The van der Waals surface area contributed by atoms with E-state index >= 15 is 0 Å². The van der Waals surface area contributed by atoms with Gasteiger partial charge in [0.05, 0.1) is 0 Å². The van der Waals surface area contributed by atoms with E-state index in [0.717, 1.165) is 39.0 Å². The van der Waals surface area contributed by atoms with Crippen molar-refractivity contribution in [3.63, 3.8) is 0 Å². The highest BCUT2D eigenvalue weighted by Crippen LogP contribution is 2.52. The lowest BCUT2D eigenvalue weighted by Gasteiger charge is -2.26. The Kier molecular flexibility index (Phi) is 5.95. The quantitative estimate of drug-likeness (QED) is 0.181. The minimum atomic E-state index is -0.0408. The van der Waals surface area contributed by atoms with Crippen LogP contribution in [0.2, 0.25) is 0 Å². The topological polar surface area (TPSA) is 16.4 Å². The van der Waals surface area contributed by atoms with E-state index in [4.69, 9.17) is 4.42 Å². The second-order valence-electron chi connectivity index (χ2n) is 13.8. The smallest absolute Gasteiger partial charge is 0.135 e. The van der Waals surface area contributed by atoms with Crippen LogP contribution in [0.25, 0.3) is 65.7 Å². The molecule has 0 N–H and O–H groups in total. The van der Waals surface area contributed by atoms with E-state index in [2.05, 4.69) is 170 Å². The van der Waals surface area contributed by atoms with Gasteiger partial charge < -0.3 is 9.32 Å². The molecule has 0 bridgehead atoms. The predicted octanol–water partition coefficient (Wildman–Crippen LogP) is 13.3. The van der Waals surface area contributed by atoms with Crippen LogP contribution in [0, 0.1) is 0 Å². The summed E-state index contributed by atoms with van der Waals surface area (Å²) in [6.07, 6.45) is 0. The van der Waals surface area contributed by atoms with Gasteiger partial charge in [-0.3, -0.25) is 0 Å². The van der Waals surface area contributed by atoms with Gasteiger partial charge >= 0.3 is 0 Å². The molecule has 0 saturated heterocycles. The van der Waals surface area contributed by atoms with Crippen LogP contribution in [-0.2, 0) is 5.41 Å². The molecule has 1 aliphatic rings. The standard InChI is InChI=1S/C47H33NO/c1-47(2)41-14-8-6-13-39(41)46-42(47)26-20-32-16-17-33-28-35(23-25-37(33)45(32)46)48(34-21-18-31(19-22-34)30-10-4-3-5-11-30)36-24-27-44-40(29-36)38-12-7-9-15-43(38)49-44/h3-29H,1-2H3. The van der Waals surface area contributed by atoms with E-state index in [1.807, 2.05) is 12.1 Å². The molecule has 1 aliphatic carbocycles. The Balaban J connectivity index is 1.18. The highest BCUT2D eigenvalue weighted by Gasteiger charge is 2.36. The van der Waals surface area contributed by atoms with Gasteiger partial charge in [0.1, 0.15) is 11.2 Å². The third-order valence-electron chi connectivity index (χ3n) is 10.6. The first-order chi connectivity index (χ1) is 24.0. The molecule has 0 atom stereocenters. The molecule has 0 unspecified atom stereocenters. The van der Waals surface area contributed by atoms with E-state index < -0.39 is 0 Å². The van der Waals surface area contributed by atoms with Crippen LogP contribution in [-0.4, -0.2) is 0 Å². The van der Waals surface area contributed by atoms with Crippen LogP contribution >= 0.6 is 0 Å². The van der Waals surface area contributed by atoms with Gasteiger partial charge in [0.15, 0.2) is 0 Å². The fourth-order valence-corrected chi connectivity index (χ4v) is 8.21. The minimum absolute atomic E-state index is 0.0408. The van der Waals surface area contributed by atoms with Crippen molar-refractivity contribution in [2.45, 2.75) is 19.3 Å². The van der Waals surface area contributed by atoms with Crippen LogP contribution in [0.1, 0.15) is 25.0 Å². The fraction of sp³-hybridized carbons (Fsp3) is 0.0638. The van der Waals surface area contributed by atoms with Crippen molar-refractivity contribution in [2.24, 2.45) is 0 Å². The number of hydrogen-bond acceptors (Lipinski definition) is 2. The summed E-state index contributed by atoms with van der Waals surface area (Å²) in [6, 6.07) is 59.4. The molecule has 1 aromatic heterocycles. The van der Waals surface area contributed by atoms with E-state index in [9.17, 15) is 0 Å². The van der Waals surface area contributed by atoms with Crippen LogP contribution in [0.4, 0.5) is 17.1 Å². The lowest BCUT2D eigenvalue weighted by atomic mass is 9.82. The van der Waals surface area contributed by atoms with Gasteiger partial charge in [0.25, 0.3) is 0 Å². The second-order valence-corrected chi connectivity index (χ2v) is 13.8. The maximum atomic E-state index is 6.22. The zero-order chi connectivity index (χ0) is 32.7. The number of benzene rings is 8. The Hall–Kier alpha value is -6.12. The monoisotopic (exact) mass is 627 g/mol. The molecular weight excluding hydrogens is 595 g/mol. The molecule has 9 aromatic rings. The van der Waals surface area contributed by atoms with Crippen LogP contribution in [0.15, 0.2) is 168 Å². The average Bonchev–Trinajstić information content (AvgIpc) is 3.64. The van der Waals surface area contributed by atoms with Crippen molar-refractivity contribution in [2.75, 3.05) is 4.90 Å². The van der Waals surface area contributed by atoms with Crippen molar-refractivity contribution in [1.29, 1.82) is 0 Å². The zero-order valence-corrected chi connectivity index (χ0v) is 27.4. The van der Waals surface area contributed by atoms with Crippen molar-refractivity contribution in [3.8, 4) is 22.3 Å². The molecule has 0 fully saturated rings. The number of anilines is 3. The molecule has 2 nitrogen and oxygen atoms in total. The van der Waals surface area contributed by atoms with Crippen molar-refractivity contribution in [3.05, 3.63) is 175 Å². The molecule has 2 heteroatoms. The Labute approximate surface area is 285 Å². The van der Waals surface area contributed by atoms with Crippen LogP contribution < -0.4 is 4.90 Å². The Morgan fingerprint density at radius 1 is 0.449 bits per heavy atom. The first-order valence-corrected chi connectivity index (χ1v) is 17.0. The maximum absolute atomic E-state index is 6.22. The molecule has 0 radical (unpaired) electrons. The number of rotatable bonds is 4. The van der Waals surface area contributed by atoms with E-state index in [1.54, 1.807) is 0 Å². The molecule has 0 aliphatic heterocycles. The lowest BCUT2D eigenvalue weighted by molar-refractivity contribution is 0.661. The third-order valence-corrected chi connectivity index (χ3v) is 10.6. The summed E-state index contributed by atoms with van der Waals surface area (Å²) in [5.74, 6) is 0. The summed E-state index contributed by atoms with van der Waals surface area (Å²) in [5.41, 5.74) is 13.0. The average molecular weight is 628 g/mol. The molecule has 49 heavy (non-hydrogen) atoms. The third kappa shape index (κ3) is 4.20. The number of hydrogen-bond donors (Lipinski definition) is 0. The summed E-state index contributed by atoms with van der Waals surface area (Å²) in [6.45, 7) is 4.71. The van der Waals surface area contributed by atoms with Gasteiger partial charge in [-0.15, -0.1) is 0 Å². The van der Waals surface area contributed by atoms with Gasteiger partial charge in [0, 0.05) is 33.2 Å². The van der Waals surface area contributed by atoms with Gasteiger partial charge in [-0.25, -0.2) is 0 Å². The van der Waals surface area contributed by atoms with Crippen molar-refractivity contribution in [1.82, 2.24) is 0 Å². The fourth-order valence-electron chi connectivity index (χ4n) is 8.21. The normalized spacial score (nSPS) is 13.3. The highest BCUT2D eigenvalue weighted by atomic mass is 16.3. The molecule has 1 heterocycles. The predicted molar refractivity (Wildman–Crippen MR) is 206 cm³/mol. The number of furan rings is 1. The molecule has 0 amide bonds. The Morgan fingerprint density at radius 2 is 1.10 bits per heavy atom. The van der Waals surface area contributed by atoms with Crippen molar-refractivity contribution < 1.29 is 4.42 Å². The first-order valence-electron chi connectivity index (χ1n) is 17.0. The maximum Gasteiger partial charge on any atom is 0.135 e. The summed E-state index contributed by atoms with van der Waals surface area (Å²) in [5, 5.41) is 7.35. The van der Waals surface area contributed by atoms with E-state index in [0.29, 0.717) is 0 Å². The number of nitrogens with zero attached hydrogens (tertiary/aromatic N) is 1. The van der Waals surface area contributed by atoms with Crippen LogP contribution in [0.5, 0.6) is 0 Å². The molecule has 0 saturated carbocycles. The second kappa shape index (κ2) is 10.4. The Bertz CT molecular complexity index is 2730. The molecule has 232 valence electrons.